The van der Waals surface area contributed by atoms with Gasteiger partial charge in [0, 0.05) is 39.3 Å². The molecule has 4 aromatic carbocycles. The van der Waals surface area contributed by atoms with Crippen molar-refractivity contribution in [2.75, 3.05) is 0 Å². The number of hydrogen-bond acceptors (Lipinski definition) is 4. The molecule has 2 fully saturated rings. The van der Waals surface area contributed by atoms with Crippen LogP contribution in [-0.2, 0) is 21.7 Å². The Morgan fingerprint density at radius 2 is 1.07 bits per heavy atom. The number of aromatic nitrogens is 4. The van der Waals surface area contributed by atoms with Crippen molar-refractivity contribution >= 4 is 0 Å². The first-order valence-corrected chi connectivity index (χ1v) is 20.0. The van der Waals surface area contributed by atoms with Crippen LogP contribution in [0.5, 0.6) is 0 Å². The van der Waals surface area contributed by atoms with Crippen molar-refractivity contribution in [1.82, 2.24) is 19.9 Å². The van der Waals surface area contributed by atoms with Crippen LogP contribution in [0.4, 0.5) is 0 Å². The van der Waals surface area contributed by atoms with E-state index in [0.717, 1.165) is 28.3 Å². The molecule has 4 nitrogen and oxygen atoms in total. The molecule has 4 heteroatoms. The van der Waals surface area contributed by atoms with Crippen molar-refractivity contribution in [2.45, 2.75) is 109 Å². The summed E-state index contributed by atoms with van der Waals surface area (Å²) in [5.41, 5.74) is 14.1. The molecule has 54 heavy (non-hydrogen) atoms. The van der Waals surface area contributed by atoms with Crippen LogP contribution >= 0.6 is 0 Å². The molecule has 0 aliphatic heterocycles. The molecule has 272 valence electrons. The second kappa shape index (κ2) is 12.5. The summed E-state index contributed by atoms with van der Waals surface area (Å²) in [6, 6.07) is 38.0. The van der Waals surface area contributed by atoms with Crippen molar-refractivity contribution in [3.05, 3.63) is 132 Å². The third-order valence-corrected chi connectivity index (χ3v) is 13.1. The fourth-order valence-electron chi connectivity index (χ4n) is 10.2. The maximum absolute atomic E-state index is 5.10. The first-order valence-electron chi connectivity index (χ1n) is 20.0. The van der Waals surface area contributed by atoms with Crippen LogP contribution in [0.2, 0.25) is 0 Å². The topological polar surface area (TPSA) is 51.6 Å². The minimum Gasteiger partial charge on any atom is -0.255 e. The molecule has 0 spiro atoms. The van der Waals surface area contributed by atoms with Gasteiger partial charge in [0.05, 0.1) is 5.69 Å². The Kier molecular flexibility index (Phi) is 8.08. The van der Waals surface area contributed by atoms with Crippen molar-refractivity contribution in [3.63, 3.8) is 0 Å². The number of fused-ring (bicyclic) bond motifs is 3. The molecule has 2 heterocycles. The molecule has 2 saturated carbocycles. The van der Waals surface area contributed by atoms with E-state index in [9.17, 15) is 0 Å². The average molecular weight is 709 g/mol. The standard InChI is InChI=1S/C50H52N4/c1-32-25-28-49-26-10-27-50(49,30-32)42-29-35(17-23-40(42)39-11-8-9-12-41(39)49)43-24-18-36(31-51-43)46-53-44(33-13-19-37(20-14-33)47(2,3)4)52-45(54-46)34-15-21-38(22-16-34)48(5,6)7/h8-9,11-24,29,31-32H,10,25-28,30H2,1-7H3/t32-,49+,50-/m1/s1. The van der Waals surface area contributed by atoms with Crippen LogP contribution in [0.3, 0.4) is 0 Å². The van der Waals surface area contributed by atoms with Crippen LogP contribution in [0.25, 0.3) is 56.5 Å². The Balaban J connectivity index is 1.11. The zero-order chi connectivity index (χ0) is 37.5. The Labute approximate surface area is 321 Å². The fraction of sp³-hybridized carbons (Fsp3) is 0.360. The predicted octanol–water partition coefficient (Wildman–Crippen LogP) is 12.7. The molecular formula is C50H52N4. The molecule has 3 atom stereocenters. The van der Waals surface area contributed by atoms with Gasteiger partial charge in [0.2, 0.25) is 0 Å². The Bertz CT molecular complexity index is 2280. The van der Waals surface area contributed by atoms with Gasteiger partial charge in [0.25, 0.3) is 0 Å². The molecule has 9 rings (SSSR count). The van der Waals surface area contributed by atoms with Gasteiger partial charge in [-0.1, -0.05) is 140 Å². The highest BCUT2D eigenvalue weighted by Gasteiger charge is 2.61. The third-order valence-electron chi connectivity index (χ3n) is 13.1. The number of rotatable bonds is 4. The molecule has 0 saturated heterocycles. The highest BCUT2D eigenvalue weighted by molar-refractivity contribution is 5.81. The molecule has 3 aliphatic rings. The highest BCUT2D eigenvalue weighted by atomic mass is 15.0. The molecule has 0 N–H and O–H groups in total. The highest BCUT2D eigenvalue weighted by Crippen LogP contribution is 2.68. The van der Waals surface area contributed by atoms with Gasteiger partial charge in [-0.3, -0.25) is 4.98 Å². The van der Waals surface area contributed by atoms with E-state index in [0.29, 0.717) is 17.5 Å². The van der Waals surface area contributed by atoms with Gasteiger partial charge in [-0.2, -0.15) is 0 Å². The van der Waals surface area contributed by atoms with E-state index in [-0.39, 0.29) is 21.7 Å². The summed E-state index contributed by atoms with van der Waals surface area (Å²) >= 11 is 0. The van der Waals surface area contributed by atoms with Gasteiger partial charge < -0.3 is 0 Å². The van der Waals surface area contributed by atoms with Crippen LogP contribution in [-0.4, -0.2) is 19.9 Å². The molecular weight excluding hydrogens is 657 g/mol. The first kappa shape index (κ1) is 34.8. The summed E-state index contributed by atoms with van der Waals surface area (Å²) < 4.78 is 0. The number of benzene rings is 4. The Morgan fingerprint density at radius 3 is 1.67 bits per heavy atom. The maximum atomic E-state index is 5.10. The lowest BCUT2D eigenvalue weighted by atomic mass is 9.47. The maximum Gasteiger partial charge on any atom is 0.165 e. The SMILES string of the molecule is C[C@@H]1CC[C@]23CCC[C@@]2(C1)c1cc(-c2ccc(-c4nc(-c5ccc(C(C)(C)C)cc5)nc(-c5ccc(C(C)(C)C)cc5)n4)cn2)ccc1-c1ccccc13. The number of hydrogen-bond donors (Lipinski definition) is 0. The van der Waals surface area contributed by atoms with E-state index < -0.39 is 0 Å². The summed E-state index contributed by atoms with van der Waals surface area (Å²) in [6.07, 6.45) is 9.69. The summed E-state index contributed by atoms with van der Waals surface area (Å²) in [4.78, 5) is 20.2. The van der Waals surface area contributed by atoms with E-state index in [1.165, 1.54) is 66.3 Å². The summed E-state index contributed by atoms with van der Waals surface area (Å²) in [5.74, 6) is 2.69. The van der Waals surface area contributed by atoms with Crippen molar-refractivity contribution in [3.8, 4) is 56.5 Å². The molecule has 0 bridgehead atoms. The van der Waals surface area contributed by atoms with Crippen molar-refractivity contribution in [2.24, 2.45) is 5.92 Å². The van der Waals surface area contributed by atoms with Crippen LogP contribution in [0.1, 0.15) is 109 Å². The molecule has 6 aromatic rings. The molecule has 3 aliphatic carbocycles. The number of pyridine rings is 1. The normalized spacial score (nSPS) is 21.9. The molecule has 0 unspecified atom stereocenters. The van der Waals surface area contributed by atoms with E-state index >= 15 is 0 Å². The summed E-state index contributed by atoms with van der Waals surface area (Å²) in [7, 11) is 0. The largest absolute Gasteiger partial charge is 0.255 e. The molecule has 0 radical (unpaired) electrons. The molecule has 2 aromatic heterocycles. The quantitative estimate of drug-likeness (QED) is 0.183. The van der Waals surface area contributed by atoms with Crippen LogP contribution in [0, 0.1) is 5.92 Å². The van der Waals surface area contributed by atoms with E-state index in [2.05, 4.69) is 152 Å². The zero-order valence-corrected chi connectivity index (χ0v) is 33.0. The van der Waals surface area contributed by atoms with Gasteiger partial charge in [-0.25, -0.2) is 15.0 Å². The zero-order valence-electron chi connectivity index (χ0n) is 33.0. The fourth-order valence-corrected chi connectivity index (χ4v) is 10.2. The van der Waals surface area contributed by atoms with Gasteiger partial charge in [-0.05, 0) is 100 Å². The van der Waals surface area contributed by atoms with Gasteiger partial charge >= 0.3 is 0 Å². The van der Waals surface area contributed by atoms with E-state index in [1.54, 1.807) is 11.1 Å². The Morgan fingerprint density at radius 1 is 0.537 bits per heavy atom. The lowest BCUT2D eigenvalue weighted by Gasteiger charge is -2.56. The summed E-state index contributed by atoms with van der Waals surface area (Å²) in [6.45, 7) is 15.9. The van der Waals surface area contributed by atoms with Gasteiger partial charge in [0.15, 0.2) is 17.5 Å². The second-order valence-corrected chi connectivity index (χ2v) is 18.6. The molecule has 0 amide bonds. The van der Waals surface area contributed by atoms with Crippen molar-refractivity contribution < 1.29 is 0 Å². The average Bonchev–Trinajstić information content (AvgIpc) is 3.58. The van der Waals surface area contributed by atoms with Crippen LogP contribution < -0.4 is 0 Å². The third kappa shape index (κ3) is 5.63. The Hall–Kier alpha value is -4.96. The van der Waals surface area contributed by atoms with Gasteiger partial charge in [-0.15, -0.1) is 0 Å². The summed E-state index contributed by atoms with van der Waals surface area (Å²) in [5, 5.41) is 0. The first-order chi connectivity index (χ1) is 25.8. The van der Waals surface area contributed by atoms with Gasteiger partial charge in [0.1, 0.15) is 0 Å². The lowest BCUT2D eigenvalue weighted by Crippen LogP contribution is -2.51. The minimum absolute atomic E-state index is 0.0629. The minimum atomic E-state index is 0.0629. The van der Waals surface area contributed by atoms with E-state index in [4.69, 9.17) is 19.9 Å². The van der Waals surface area contributed by atoms with E-state index in [1.807, 2.05) is 6.20 Å². The van der Waals surface area contributed by atoms with Crippen molar-refractivity contribution in [1.29, 1.82) is 0 Å². The lowest BCUT2D eigenvalue weighted by molar-refractivity contribution is 0.130. The second-order valence-electron chi connectivity index (χ2n) is 18.6. The smallest absolute Gasteiger partial charge is 0.165 e. The predicted molar refractivity (Wildman–Crippen MR) is 222 cm³/mol. The van der Waals surface area contributed by atoms with Crippen LogP contribution in [0.15, 0.2) is 109 Å². The monoisotopic (exact) mass is 708 g/mol. The number of nitrogens with zero attached hydrogens (tertiary/aromatic N) is 4.